The van der Waals surface area contributed by atoms with Crippen LogP contribution in [-0.4, -0.2) is 53.5 Å². The number of hydrogen-bond donors (Lipinski definition) is 2. The molecule has 2 aliphatic heterocycles. The second-order valence-electron chi connectivity index (χ2n) is 7.92. The molecule has 1 aromatic carbocycles. The Kier molecular flexibility index (Phi) is 5.30. The minimum absolute atomic E-state index is 0.0439. The first-order chi connectivity index (χ1) is 13.2. The number of ether oxygens (including phenoxy) is 1. The van der Waals surface area contributed by atoms with Gasteiger partial charge in [-0.05, 0) is 30.0 Å². The van der Waals surface area contributed by atoms with Gasteiger partial charge < -0.3 is 9.84 Å². The number of hydrogen-bond acceptors (Lipinski definition) is 5. The summed E-state index contributed by atoms with van der Waals surface area (Å²) >= 11 is 0. The van der Waals surface area contributed by atoms with Crippen LogP contribution in [-0.2, 0) is 14.4 Å². The van der Waals surface area contributed by atoms with Crippen LogP contribution in [0, 0.1) is 17.8 Å². The van der Waals surface area contributed by atoms with Crippen LogP contribution < -0.4 is 10.1 Å². The summed E-state index contributed by atoms with van der Waals surface area (Å²) in [6.45, 7) is 3.82. The number of methoxy groups -OCH3 is 1. The van der Waals surface area contributed by atoms with Crippen molar-refractivity contribution in [3.05, 3.63) is 35.9 Å². The number of imide groups is 1. The van der Waals surface area contributed by atoms with E-state index in [0.717, 1.165) is 16.2 Å². The van der Waals surface area contributed by atoms with Crippen LogP contribution in [0.4, 0.5) is 0 Å². The van der Waals surface area contributed by atoms with Crippen molar-refractivity contribution in [3.8, 4) is 5.75 Å². The van der Waals surface area contributed by atoms with Crippen molar-refractivity contribution < 1.29 is 24.2 Å². The van der Waals surface area contributed by atoms with Crippen LogP contribution in [0.25, 0.3) is 6.08 Å². The van der Waals surface area contributed by atoms with Gasteiger partial charge in [-0.3, -0.25) is 24.6 Å². The maximum absolute atomic E-state index is 12.8. The monoisotopic (exact) mass is 386 g/mol. The van der Waals surface area contributed by atoms with Gasteiger partial charge in [0.25, 0.3) is 0 Å². The summed E-state index contributed by atoms with van der Waals surface area (Å²) in [7, 11) is 3.02. The number of rotatable bonds is 6. The number of nitrogens with one attached hydrogen (secondary N) is 1. The molecule has 0 radical (unpaired) electrons. The Morgan fingerprint density at radius 1 is 1.29 bits per heavy atom. The lowest BCUT2D eigenvalue weighted by Gasteiger charge is -2.31. The number of fused-ring (bicyclic) bond motifs is 1. The van der Waals surface area contributed by atoms with Gasteiger partial charge in [-0.1, -0.05) is 38.1 Å². The fraction of sp³-hybridized carbons (Fsp3) is 0.476. The maximum Gasteiger partial charge on any atom is 0.324 e. The topological polar surface area (TPSA) is 95.9 Å². The van der Waals surface area contributed by atoms with Crippen LogP contribution in [0.1, 0.15) is 25.8 Å². The van der Waals surface area contributed by atoms with Gasteiger partial charge in [0.05, 0.1) is 18.9 Å². The number of amides is 2. The van der Waals surface area contributed by atoms with E-state index in [4.69, 9.17) is 4.74 Å². The third kappa shape index (κ3) is 3.20. The van der Waals surface area contributed by atoms with Gasteiger partial charge in [0.1, 0.15) is 11.3 Å². The number of benzene rings is 1. The molecule has 0 aromatic heterocycles. The molecular weight excluding hydrogens is 360 g/mol. The van der Waals surface area contributed by atoms with E-state index in [9.17, 15) is 19.5 Å². The second-order valence-corrected chi connectivity index (χ2v) is 7.92. The summed E-state index contributed by atoms with van der Waals surface area (Å²) in [5.41, 5.74) is -0.563. The van der Waals surface area contributed by atoms with Gasteiger partial charge in [0, 0.05) is 13.1 Å². The Morgan fingerprint density at radius 3 is 2.46 bits per heavy atom. The van der Waals surface area contributed by atoms with E-state index in [1.807, 2.05) is 44.2 Å². The molecule has 150 valence electrons. The number of nitrogens with zero attached hydrogens (tertiary/aromatic N) is 1. The summed E-state index contributed by atoms with van der Waals surface area (Å²) in [6.07, 6.45) is 3.88. The minimum atomic E-state index is -1.45. The highest BCUT2D eigenvalue weighted by Gasteiger charge is 2.67. The zero-order valence-corrected chi connectivity index (χ0v) is 16.5. The summed E-state index contributed by atoms with van der Waals surface area (Å²) in [4.78, 5) is 38.8. The second kappa shape index (κ2) is 7.39. The van der Waals surface area contributed by atoms with E-state index in [1.165, 1.54) is 7.05 Å². The van der Waals surface area contributed by atoms with Gasteiger partial charge in [-0.25, -0.2) is 0 Å². The quantitative estimate of drug-likeness (QED) is 0.724. The van der Waals surface area contributed by atoms with E-state index in [1.54, 1.807) is 13.2 Å². The molecule has 4 unspecified atom stereocenters. The number of carboxylic acids is 1. The van der Waals surface area contributed by atoms with Crippen molar-refractivity contribution in [2.45, 2.75) is 31.8 Å². The van der Waals surface area contributed by atoms with Crippen molar-refractivity contribution in [3.63, 3.8) is 0 Å². The van der Waals surface area contributed by atoms with Crippen molar-refractivity contribution >= 4 is 23.9 Å². The lowest BCUT2D eigenvalue weighted by atomic mass is 9.75. The standard InChI is InChI=1S/C21H26N2O5/c1-12(2)11-21(20(26)27)17-16(18(24)23(3)19(17)25)15(22-21)10-7-13-5-8-14(28-4)9-6-13/h5-10,12,15-17,22H,11H2,1-4H3,(H,26,27)/b10-7-. The van der Waals surface area contributed by atoms with Gasteiger partial charge >= 0.3 is 5.97 Å². The Bertz CT molecular complexity index is 817. The van der Waals surface area contributed by atoms with E-state index in [2.05, 4.69) is 5.32 Å². The first-order valence-corrected chi connectivity index (χ1v) is 9.36. The number of likely N-dealkylation sites (tertiary alicyclic amines) is 1. The number of aliphatic carboxylic acids is 1. The maximum atomic E-state index is 12.8. The SMILES string of the molecule is COc1ccc(/C=C\C2NC(CC(C)C)(C(=O)O)C3C(=O)N(C)C(=O)C23)cc1. The molecule has 0 bridgehead atoms. The third-order valence-corrected chi connectivity index (χ3v) is 5.64. The molecule has 2 heterocycles. The van der Waals surface area contributed by atoms with E-state index < -0.39 is 35.3 Å². The molecule has 0 saturated carbocycles. The Labute approximate surface area is 164 Å². The number of carbonyl (C=O) groups excluding carboxylic acids is 2. The van der Waals surface area contributed by atoms with Crippen LogP contribution in [0.5, 0.6) is 5.75 Å². The molecule has 28 heavy (non-hydrogen) atoms. The van der Waals surface area contributed by atoms with Crippen LogP contribution in [0.2, 0.25) is 0 Å². The zero-order chi connectivity index (χ0) is 20.6. The van der Waals surface area contributed by atoms with Crippen LogP contribution in [0.3, 0.4) is 0 Å². The third-order valence-electron chi connectivity index (χ3n) is 5.64. The Balaban J connectivity index is 1.97. The molecule has 7 heteroatoms. The van der Waals surface area contributed by atoms with Gasteiger partial charge in [-0.15, -0.1) is 0 Å². The molecule has 4 atom stereocenters. The van der Waals surface area contributed by atoms with E-state index in [0.29, 0.717) is 0 Å². The smallest absolute Gasteiger partial charge is 0.324 e. The Morgan fingerprint density at radius 2 is 1.93 bits per heavy atom. The molecule has 0 spiro atoms. The van der Waals surface area contributed by atoms with E-state index >= 15 is 0 Å². The number of carbonyl (C=O) groups is 3. The van der Waals surface area contributed by atoms with Crippen molar-refractivity contribution in [2.24, 2.45) is 17.8 Å². The number of carboxylic acid groups (broad SMARTS) is 1. The molecule has 7 nitrogen and oxygen atoms in total. The average molecular weight is 386 g/mol. The van der Waals surface area contributed by atoms with E-state index in [-0.39, 0.29) is 18.2 Å². The van der Waals surface area contributed by atoms with Crippen molar-refractivity contribution in [2.75, 3.05) is 14.2 Å². The first kappa shape index (κ1) is 20.1. The lowest BCUT2D eigenvalue weighted by molar-refractivity contribution is -0.151. The summed E-state index contributed by atoms with van der Waals surface area (Å²) < 4.78 is 5.14. The normalized spacial score (nSPS) is 29.8. The summed E-state index contributed by atoms with van der Waals surface area (Å²) in [5.74, 6) is -2.70. The molecule has 2 aliphatic rings. The fourth-order valence-corrected chi connectivity index (χ4v) is 4.40. The lowest BCUT2D eigenvalue weighted by Crippen LogP contribution is -2.57. The van der Waals surface area contributed by atoms with Crippen molar-refractivity contribution in [1.29, 1.82) is 0 Å². The van der Waals surface area contributed by atoms with Gasteiger partial charge in [-0.2, -0.15) is 0 Å². The Hall–Kier alpha value is -2.67. The molecule has 2 N–H and O–H groups in total. The summed E-state index contributed by atoms with van der Waals surface area (Å²) in [5, 5.41) is 13.2. The molecule has 0 aliphatic carbocycles. The van der Waals surface area contributed by atoms with Crippen molar-refractivity contribution in [1.82, 2.24) is 10.2 Å². The highest BCUT2D eigenvalue weighted by molar-refractivity contribution is 6.09. The predicted molar refractivity (Wildman–Crippen MR) is 104 cm³/mol. The fourth-order valence-electron chi connectivity index (χ4n) is 4.40. The average Bonchev–Trinajstić information content (AvgIpc) is 3.10. The van der Waals surface area contributed by atoms with Gasteiger partial charge in [0.15, 0.2) is 0 Å². The molecule has 3 rings (SSSR count). The van der Waals surface area contributed by atoms with Gasteiger partial charge in [0.2, 0.25) is 11.8 Å². The first-order valence-electron chi connectivity index (χ1n) is 9.36. The molecule has 2 amide bonds. The predicted octanol–water partition coefficient (Wildman–Crippen LogP) is 1.78. The molecule has 2 saturated heterocycles. The summed E-state index contributed by atoms with van der Waals surface area (Å²) in [6, 6.07) is 6.84. The molecular formula is C21H26N2O5. The highest BCUT2D eigenvalue weighted by Crippen LogP contribution is 2.45. The van der Waals surface area contributed by atoms with Crippen LogP contribution >= 0.6 is 0 Å². The molecule has 2 fully saturated rings. The largest absolute Gasteiger partial charge is 0.497 e. The van der Waals surface area contributed by atoms with Crippen LogP contribution in [0.15, 0.2) is 30.3 Å². The zero-order valence-electron chi connectivity index (χ0n) is 16.5. The highest BCUT2D eigenvalue weighted by atomic mass is 16.5. The minimum Gasteiger partial charge on any atom is -0.497 e. The molecule has 1 aromatic rings.